The molecular formula is C13H21N3O2. The highest BCUT2D eigenvalue weighted by Gasteiger charge is 2.12. The van der Waals surface area contributed by atoms with Gasteiger partial charge >= 0.3 is 0 Å². The van der Waals surface area contributed by atoms with E-state index in [0.29, 0.717) is 18.5 Å². The van der Waals surface area contributed by atoms with Crippen LogP contribution in [0.25, 0.3) is 0 Å². The Kier molecular flexibility index (Phi) is 5.36. The first-order valence-corrected chi connectivity index (χ1v) is 6.55. The maximum absolute atomic E-state index is 5.64. The van der Waals surface area contributed by atoms with E-state index in [4.69, 9.17) is 9.47 Å². The van der Waals surface area contributed by atoms with Gasteiger partial charge in [-0.1, -0.05) is 6.42 Å². The molecule has 5 nitrogen and oxygen atoms in total. The molecule has 1 saturated heterocycles. The molecule has 5 heteroatoms. The standard InChI is InChI=1S/C13H21N3O2/c1-17-13-12(15-7-8-16-13)10-18-9-5-11-4-2-3-6-14-11/h7-8,11,14H,2-6,9-10H2,1H3/t11-/m0/s1. The molecule has 1 atom stereocenters. The maximum Gasteiger partial charge on any atom is 0.237 e. The zero-order valence-electron chi connectivity index (χ0n) is 10.9. The number of nitrogens with zero attached hydrogens (tertiary/aromatic N) is 2. The molecule has 1 aromatic rings. The van der Waals surface area contributed by atoms with Crippen LogP contribution in [0.2, 0.25) is 0 Å². The summed E-state index contributed by atoms with van der Waals surface area (Å²) in [5.74, 6) is 0.549. The van der Waals surface area contributed by atoms with Gasteiger partial charge < -0.3 is 14.8 Å². The molecule has 0 unspecified atom stereocenters. The topological polar surface area (TPSA) is 56.3 Å². The average molecular weight is 251 g/mol. The predicted octanol–water partition coefficient (Wildman–Crippen LogP) is 1.53. The summed E-state index contributed by atoms with van der Waals surface area (Å²) in [6.45, 7) is 2.35. The molecule has 2 rings (SSSR count). The van der Waals surface area contributed by atoms with Crippen molar-refractivity contribution in [2.75, 3.05) is 20.3 Å². The fourth-order valence-corrected chi connectivity index (χ4v) is 2.19. The molecule has 18 heavy (non-hydrogen) atoms. The Hall–Kier alpha value is -1.20. The van der Waals surface area contributed by atoms with Gasteiger partial charge in [-0.15, -0.1) is 0 Å². The van der Waals surface area contributed by atoms with E-state index in [2.05, 4.69) is 15.3 Å². The van der Waals surface area contributed by atoms with Gasteiger partial charge in [0.05, 0.1) is 13.7 Å². The number of hydrogen-bond acceptors (Lipinski definition) is 5. The molecule has 100 valence electrons. The van der Waals surface area contributed by atoms with Crippen molar-refractivity contribution in [1.29, 1.82) is 0 Å². The number of nitrogens with one attached hydrogen (secondary N) is 1. The van der Waals surface area contributed by atoms with Crippen molar-refractivity contribution in [2.24, 2.45) is 0 Å². The maximum atomic E-state index is 5.64. The minimum atomic E-state index is 0.462. The number of ether oxygens (including phenoxy) is 2. The van der Waals surface area contributed by atoms with Gasteiger partial charge in [-0.05, 0) is 25.8 Å². The Morgan fingerprint density at radius 1 is 1.33 bits per heavy atom. The van der Waals surface area contributed by atoms with Crippen molar-refractivity contribution in [3.05, 3.63) is 18.1 Å². The lowest BCUT2D eigenvalue weighted by Crippen LogP contribution is -2.34. The van der Waals surface area contributed by atoms with Gasteiger partial charge in [-0.3, -0.25) is 4.98 Å². The van der Waals surface area contributed by atoms with Crippen molar-refractivity contribution in [1.82, 2.24) is 15.3 Å². The Bertz CT molecular complexity index is 354. The van der Waals surface area contributed by atoms with E-state index in [1.54, 1.807) is 19.5 Å². The second-order valence-electron chi connectivity index (χ2n) is 4.50. The van der Waals surface area contributed by atoms with Gasteiger partial charge in [0.2, 0.25) is 5.88 Å². The second-order valence-corrected chi connectivity index (χ2v) is 4.50. The van der Waals surface area contributed by atoms with Crippen LogP contribution in [0, 0.1) is 0 Å². The van der Waals surface area contributed by atoms with Gasteiger partial charge in [-0.25, -0.2) is 4.98 Å². The van der Waals surface area contributed by atoms with Crippen LogP contribution in [0.1, 0.15) is 31.4 Å². The number of hydrogen-bond donors (Lipinski definition) is 1. The van der Waals surface area contributed by atoms with E-state index >= 15 is 0 Å². The summed E-state index contributed by atoms with van der Waals surface area (Å²) < 4.78 is 10.8. The Morgan fingerprint density at radius 3 is 3.00 bits per heavy atom. The van der Waals surface area contributed by atoms with Gasteiger partial charge in [0.25, 0.3) is 0 Å². The Labute approximate surface area is 108 Å². The molecule has 2 heterocycles. The number of methoxy groups -OCH3 is 1. The number of piperidine rings is 1. The number of rotatable bonds is 6. The molecule has 0 radical (unpaired) electrons. The summed E-state index contributed by atoms with van der Waals surface area (Å²) in [7, 11) is 1.60. The van der Waals surface area contributed by atoms with Crippen LogP contribution in [0.3, 0.4) is 0 Å². The van der Waals surface area contributed by atoms with Crippen molar-refractivity contribution in [3.8, 4) is 5.88 Å². The van der Waals surface area contributed by atoms with Crippen LogP contribution in [0.5, 0.6) is 5.88 Å². The molecule has 0 spiro atoms. The molecule has 0 bridgehead atoms. The zero-order valence-corrected chi connectivity index (χ0v) is 10.9. The lowest BCUT2D eigenvalue weighted by atomic mass is 10.0. The number of aromatic nitrogens is 2. The van der Waals surface area contributed by atoms with Crippen LogP contribution in [0.4, 0.5) is 0 Å². The molecule has 1 N–H and O–H groups in total. The lowest BCUT2D eigenvalue weighted by molar-refractivity contribution is 0.104. The fraction of sp³-hybridized carbons (Fsp3) is 0.692. The van der Waals surface area contributed by atoms with Gasteiger partial charge in [0.1, 0.15) is 5.69 Å². The monoisotopic (exact) mass is 251 g/mol. The average Bonchev–Trinajstić information content (AvgIpc) is 2.45. The third kappa shape index (κ3) is 3.92. The second kappa shape index (κ2) is 7.28. The summed E-state index contributed by atoms with van der Waals surface area (Å²) in [4.78, 5) is 8.29. The van der Waals surface area contributed by atoms with Gasteiger partial charge in [0, 0.05) is 25.0 Å². The highest BCUT2D eigenvalue weighted by atomic mass is 16.5. The van der Waals surface area contributed by atoms with Crippen LogP contribution < -0.4 is 10.1 Å². The zero-order chi connectivity index (χ0) is 12.6. The molecular weight excluding hydrogens is 230 g/mol. The highest BCUT2D eigenvalue weighted by Crippen LogP contribution is 2.13. The molecule has 1 fully saturated rings. The van der Waals surface area contributed by atoms with Crippen molar-refractivity contribution in [2.45, 2.75) is 38.3 Å². The SMILES string of the molecule is COc1nccnc1COCC[C@@H]1CCCCN1. The summed E-state index contributed by atoms with van der Waals surface area (Å²) in [6.07, 6.45) is 8.22. The predicted molar refractivity (Wildman–Crippen MR) is 68.5 cm³/mol. The molecule has 1 aliphatic rings. The van der Waals surface area contributed by atoms with Crippen LogP contribution >= 0.6 is 0 Å². The Balaban J connectivity index is 1.68. The van der Waals surface area contributed by atoms with E-state index in [-0.39, 0.29) is 0 Å². The van der Waals surface area contributed by atoms with E-state index in [1.165, 1.54) is 19.3 Å². The minimum absolute atomic E-state index is 0.462. The fourth-order valence-electron chi connectivity index (χ4n) is 2.19. The third-order valence-electron chi connectivity index (χ3n) is 3.19. The normalized spacial score (nSPS) is 19.7. The van der Waals surface area contributed by atoms with E-state index in [9.17, 15) is 0 Å². The summed E-state index contributed by atoms with van der Waals surface area (Å²) in [5.41, 5.74) is 0.761. The van der Waals surface area contributed by atoms with Crippen LogP contribution in [-0.4, -0.2) is 36.3 Å². The van der Waals surface area contributed by atoms with Crippen LogP contribution in [-0.2, 0) is 11.3 Å². The summed E-state index contributed by atoms with van der Waals surface area (Å²) in [6, 6.07) is 0.613. The lowest BCUT2D eigenvalue weighted by Gasteiger charge is -2.23. The quantitative estimate of drug-likeness (QED) is 0.777. The smallest absolute Gasteiger partial charge is 0.237 e. The summed E-state index contributed by atoms with van der Waals surface area (Å²) in [5, 5.41) is 3.51. The summed E-state index contributed by atoms with van der Waals surface area (Å²) >= 11 is 0. The Morgan fingerprint density at radius 2 is 2.22 bits per heavy atom. The molecule has 0 saturated carbocycles. The highest BCUT2D eigenvalue weighted by molar-refractivity contribution is 5.15. The van der Waals surface area contributed by atoms with Crippen molar-refractivity contribution in [3.63, 3.8) is 0 Å². The van der Waals surface area contributed by atoms with Crippen LogP contribution in [0.15, 0.2) is 12.4 Å². The van der Waals surface area contributed by atoms with Gasteiger partial charge in [0.15, 0.2) is 0 Å². The molecule has 0 aliphatic carbocycles. The van der Waals surface area contributed by atoms with E-state index in [0.717, 1.165) is 25.3 Å². The van der Waals surface area contributed by atoms with Crippen molar-refractivity contribution >= 4 is 0 Å². The molecule has 0 amide bonds. The minimum Gasteiger partial charge on any atom is -0.480 e. The van der Waals surface area contributed by atoms with Gasteiger partial charge in [-0.2, -0.15) is 0 Å². The largest absolute Gasteiger partial charge is 0.480 e. The first-order chi connectivity index (χ1) is 8.90. The first kappa shape index (κ1) is 13.2. The first-order valence-electron chi connectivity index (χ1n) is 6.55. The molecule has 1 aromatic heterocycles. The van der Waals surface area contributed by atoms with Crippen molar-refractivity contribution < 1.29 is 9.47 Å². The molecule has 1 aliphatic heterocycles. The molecule has 0 aromatic carbocycles. The third-order valence-corrected chi connectivity index (χ3v) is 3.19. The van der Waals surface area contributed by atoms with E-state index < -0.39 is 0 Å². The van der Waals surface area contributed by atoms with E-state index in [1.807, 2.05) is 0 Å².